The monoisotopic (exact) mass is 368 g/mol. The fraction of sp³-hybridized carbons (Fsp3) is 0.556. The van der Waals surface area contributed by atoms with E-state index in [-0.39, 0.29) is 18.4 Å². The van der Waals surface area contributed by atoms with Crippen molar-refractivity contribution >= 4 is 35.0 Å². The summed E-state index contributed by atoms with van der Waals surface area (Å²) < 4.78 is 0. The molecule has 0 aromatic heterocycles. The van der Waals surface area contributed by atoms with Gasteiger partial charge in [-0.3, -0.25) is 9.59 Å². The van der Waals surface area contributed by atoms with Gasteiger partial charge < -0.3 is 10.2 Å². The number of rotatable bonds is 3. The Hall–Kier alpha value is -1.26. The third-order valence-electron chi connectivity index (χ3n) is 5.23. The highest BCUT2D eigenvalue weighted by atomic mass is 35.5. The molecule has 1 aromatic carbocycles. The van der Waals surface area contributed by atoms with Gasteiger partial charge in [-0.25, -0.2) is 0 Å². The quantitative estimate of drug-likeness (QED) is 0.882. The predicted molar refractivity (Wildman–Crippen MR) is 95.4 cm³/mol. The molecule has 130 valence electrons. The van der Waals surface area contributed by atoms with Crippen LogP contribution in [0.5, 0.6) is 0 Å². The highest BCUT2D eigenvalue weighted by Crippen LogP contribution is 2.35. The first-order valence-corrected chi connectivity index (χ1v) is 9.31. The molecule has 0 bridgehead atoms. The molecule has 2 aliphatic rings. The molecular formula is C18H22Cl2N2O2. The van der Waals surface area contributed by atoms with Crippen LogP contribution in [0, 0.1) is 11.8 Å². The molecule has 6 heteroatoms. The van der Waals surface area contributed by atoms with Crippen molar-refractivity contribution in [2.24, 2.45) is 11.8 Å². The number of benzene rings is 1. The second kappa shape index (κ2) is 7.75. The van der Waals surface area contributed by atoms with Gasteiger partial charge in [0.2, 0.25) is 5.91 Å². The summed E-state index contributed by atoms with van der Waals surface area (Å²) in [7, 11) is 0. The van der Waals surface area contributed by atoms with Crippen molar-refractivity contribution < 1.29 is 9.59 Å². The fourth-order valence-corrected chi connectivity index (χ4v) is 4.13. The Kier molecular flexibility index (Phi) is 5.67. The number of amides is 2. The van der Waals surface area contributed by atoms with Crippen molar-refractivity contribution in [3.8, 4) is 0 Å². The molecule has 1 aliphatic carbocycles. The average Bonchev–Trinajstić information content (AvgIpc) is 2.61. The number of nitrogens with one attached hydrogen (secondary N) is 1. The van der Waals surface area contributed by atoms with Gasteiger partial charge >= 0.3 is 0 Å². The van der Waals surface area contributed by atoms with E-state index in [1.807, 2.05) is 4.90 Å². The number of hydrogen-bond acceptors (Lipinski definition) is 2. The summed E-state index contributed by atoms with van der Waals surface area (Å²) >= 11 is 11.8. The van der Waals surface area contributed by atoms with E-state index in [0.717, 1.165) is 25.4 Å². The summed E-state index contributed by atoms with van der Waals surface area (Å²) in [6, 6.07) is 4.69. The summed E-state index contributed by atoms with van der Waals surface area (Å²) in [5.74, 6) is 1.11. The van der Waals surface area contributed by atoms with Gasteiger partial charge in [0.1, 0.15) is 0 Å². The van der Waals surface area contributed by atoms with Crippen molar-refractivity contribution in [3.63, 3.8) is 0 Å². The number of halogens is 2. The molecule has 1 saturated carbocycles. The van der Waals surface area contributed by atoms with E-state index < -0.39 is 0 Å². The third-order valence-corrected chi connectivity index (χ3v) is 5.96. The number of piperidine rings is 1. The van der Waals surface area contributed by atoms with Gasteiger partial charge in [-0.1, -0.05) is 42.5 Å². The van der Waals surface area contributed by atoms with E-state index in [0.29, 0.717) is 21.5 Å². The van der Waals surface area contributed by atoms with Gasteiger partial charge in [-0.05, 0) is 42.9 Å². The molecule has 1 aliphatic heterocycles. The highest BCUT2D eigenvalue weighted by Gasteiger charge is 2.32. The van der Waals surface area contributed by atoms with Crippen LogP contribution in [0.3, 0.4) is 0 Å². The molecule has 24 heavy (non-hydrogen) atoms. The van der Waals surface area contributed by atoms with E-state index in [1.54, 1.807) is 12.1 Å². The molecule has 1 N–H and O–H groups in total. The maximum absolute atomic E-state index is 12.4. The molecule has 0 spiro atoms. The van der Waals surface area contributed by atoms with Gasteiger partial charge in [0.15, 0.2) is 0 Å². The largest absolute Gasteiger partial charge is 0.343 e. The highest BCUT2D eigenvalue weighted by molar-refractivity contribution is 6.42. The summed E-state index contributed by atoms with van der Waals surface area (Å²) in [4.78, 5) is 26.4. The SMILES string of the molecule is O=C(NCC(=O)N1CC[C@H]2CCCC[C@@H]2C1)c1ccc(Cl)c(Cl)c1. The first-order valence-electron chi connectivity index (χ1n) is 8.55. The van der Waals surface area contributed by atoms with Crippen LogP contribution in [0.15, 0.2) is 18.2 Å². The minimum absolute atomic E-state index is 0.00701. The number of hydrogen-bond donors (Lipinski definition) is 1. The van der Waals surface area contributed by atoms with Gasteiger partial charge in [0, 0.05) is 18.7 Å². The number of carbonyl (C=O) groups is 2. The van der Waals surface area contributed by atoms with Crippen LogP contribution >= 0.6 is 23.2 Å². The third kappa shape index (κ3) is 4.04. The first kappa shape index (κ1) is 17.6. The summed E-state index contributed by atoms with van der Waals surface area (Å²) in [6.45, 7) is 1.67. The summed E-state index contributed by atoms with van der Waals surface area (Å²) in [5, 5.41) is 3.41. The number of nitrogens with zero attached hydrogens (tertiary/aromatic N) is 1. The van der Waals surface area contributed by atoms with E-state index in [2.05, 4.69) is 5.32 Å². The maximum Gasteiger partial charge on any atom is 0.251 e. The van der Waals surface area contributed by atoms with Gasteiger partial charge in [0.05, 0.1) is 16.6 Å². The van der Waals surface area contributed by atoms with Gasteiger partial charge in [0.25, 0.3) is 5.91 Å². The van der Waals surface area contributed by atoms with Crippen molar-refractivity contribution in [2.75, 3.05) is 19.6 Å². The molecule has 1 saturated heterocycles. The van der Waals surface area contributed by atoms with Crippen molar-refractivity contribution in [1.82, 2.24) is 10.2 Å². The molecule has 2 atom stereocenters. The van der Waals surface area contributed by atoms with E-state index in [4.69, 9.17) is 23.2 Å². The Morgan fingerprint density at radius 2 is 1.83 bits per heavy atom. The molecule has 0 radical (unpaired) electrons. The van der Waals surface area contributed by atoms with E-state index in [9.17, 15) is 9.59 Å². The number of fused-ring (bicyclic) bond motifs is 1. The predicted octanol–water partition coefficient (Wildman–Crippen LogP) is 3.76. The van der Waals surface area contributed by atoms with Crippen molar-refractivity contribution in [2.45, 2.75) is 32.1 Å². The fourth-order valence-electron chi connectivity index (χ4n) is 3.83. The molecule has 2 amide bonds. The summed E-state index contributed by atoms with van der Waals surface area (Å²) in [6.07, 6.45) is 6.23. The Bertz CT molecular complexity index is 635. The minimum Gasteiger partial charge on any atom is -0.343 e. The molecule has 1 heterocycles. The lowest BCUT2D eigenvalue weighted by atomic mass is 9.75. The Morgan fingerprint density at radius 3 is 2.58 bits per heavy atom. The molecule has 3 rings (SSSR count). The average molecular weight is 369 g/mol. The lowest BCUT2D eigenvalue weighted by Gasteiger charge is -2.41. The Labute approximate surface area is 152 Å². The van der Waals surface area contributed by atoms with Crippen LogP contribution in [-0.4, -0.2) is 36.3 Å². The summed E-state index contributed by atoms with van der Waals surface area (Å²) in [5.41, 5.74) is 0.406. The van der Waals surface area contributed by atoms with Crippen molar-refractivity contribution in [3.05, 3.63) is 33.8 Å². The lowest BCUT2D eigenvalue weighted by molar-refractivity contribution is -0.133. The van der Waals surface area contributed by atoms with Crippen LogP contribution in [0.1, 0.15) is 42.5 Å². The topological polar surface area (TPSA) is 49.4 Å². The number of likely N-dealkylation sites (tertiary alicyclic amines) is 1. The Balaban J connectivity index is 1.51. The minimum atomic E-state index is -0.311. The van der Waals surface area contributed by atoms with Crippen LogP contribution in [-0.2, 0) is 4.79 Å². The normalized spacial score (nSPS) is 23.5. The first-order chi connectivity index (χ1) is 11.5. The standard InChI is InChI=1S/C18H22Cl2N2O2/c19-15-6-5-13(9-16(15)20)18(24)21-10-17(23)22-8-7-12-3-1-2-4-14(12)11-22/h5-6,9,12,14H,1-4,7-8,10-11H2,(H,21,24)/t12-,14-/m1/s1. The van der Waals surface area contributed by atoms with Crippen LogP contribution in [0.25, 0.3) is 0 Å². The van der Waals surface area contributed by atoms with Crippen LogP contribution in [0.4, 0.5) is 0 Å². The second-order valence-electron chi connectivity index (χ2n) is 6.74. The molecular weight excluding hydrogens is 347 g/mol. The maximum atomic E-state index is 12.4. The van der Waals surface area contributed by atoms with Crippen LogP contribution < -0.4 is 5.32 Å². The number of carbonyl (C=O) groups excluding carboxylic acids is 2. The molecule has 1 aromatic rings. The zero-order chi connectivity index (χ0) is 17.1. The zero-order valence-corrected chi connectivity index (χ0v) is 15.1. The van der Waals surface area contributed by atoms with Gasteiger partial charge in [-0.15, -0.1) is 0 Å². The van der Waals surface area contributed by atoms with Crippen molar-refractivity contribution in [1.29, 1.82) is 0 Å². The lowest BCUT2D eigenvalue weighted by Crippen LogP contribution is -2.48. The van der Waals surface area contributed by atoms with E-state index in [1.165, 1.54) is 31.7 Å². The Morgan fingerprint density at radius 1 is 1.08 bits per heavy atom. The zero-order valence-electron chi connectivity index (χ0n) is 13.6. The molecule has 0 unspecified atom stereocenters. The smallest absolute Gasteiger partial charge is 0.251 e. The van der Waals surface area contributed by atoms with E-state index >= 15 is 0 Å². The van der Waals surface area contributed by atoms with Gasteiger partial charge in [-0.2, -0.15) is 0 Å². The second-order valence-corrected chi connectivity index (χ2v) is 7.56. The molecule has 2 fully saturated rings. The molecule has 4 nitrogen and oxygen atoms in total. The van der Waals surface area contributed by atoms with Crippen LogP contribution in [0.2, 0.25) is 10.0 Å².